The first-order chi connectivity index (χ1) is 25.6. The van der Waals surface area contributed by atoms with Crippen LogP contribution in [0.15, 0.2) is 121 Å². The molecule has 8 aromatic rings. The Hall–Kier alpha value is -7.41. The summed E-state index contributed by atoms with van der Waals surface area (Å²) in [6.07, 6.45) is -4.47. The van der Waals surface area contributed by atoms with Gasteiger partial charge in [-0.15, -0.1) is 0 Å². The molecule has 0 saturated heterocycles. The molecule has 0 aliphatic heterocycles. The Kier molecular flexibility index (Phi) is 7.87. The van der Waals surface area contributed by atoms with Gasteiger partial charge in [0.05, 0.1) is 64.0 Å². The van der Waals surface area contributed by atoms with E-state index in [4.69, 9.17) is 28.1 Å². The highest BCUT2D eigenvalue weighted by Crippen LogP contribution is 2.43. The Bertz CT molecular complexity index is 2890. The third-order valence-corrected chi connectivity index (χ3v) is 9.16. The van der Waals surface area contributed by atoms with Gasteiger partial charge in [0.25, 0.3) is 0 Å². The minimum absolute atomic E-state index is 0.264. The van der Waals surface area contributed by atoms with Crippen LogP contribution >= 0.6 is 0 Å². The molecule has 0 atom stereocenters. The van der Waals surface area contributed by atoms with Crippen molar-refractivity contribution in [3.8, 4) is 51.0 Å². The number of alkyl halides is 3. The minimum atomic E-state index is -4.47. The van der Waals surface area contributed by atoms with E-state index in [1.165, 1.54) is 0 Å². The van der Waals surface area contributed by atoms with E-state index >= 15 is 0 Å². The van der Waals surface area contributed by atoms with Crippen LogP contribution in [0, 0.1) is 31.4 Å². The summed E-state index contributed by atoms with van der Waals surface area (Å²) >= 11 is 0. The van der Waals surface area contributed by atoms with Crippen LogP contribution in [-0.4, -0.2) is 15.0 Å². The topological polar surface area (TPSA) is 71.2 Å². The molecular formula is C44H23F3N6. The van der Waals surface area contributed by atoms with Gasteiger partial charge < -0.3 is 0 Å². The number of halogens is 3. The van der Waals surface area contributed by atoms with E-state index in [0.717, 1.165) is 22.9 Å². The molecule has 0 aliphatic carbocycles. The fourth-order valence-electron chi connectivity index (χ4n) is 6.65. The van der Waals surface area contributed by atoms with Gasteiger partial charge in [0.15, 0.2) is 5.69 Å². The van der Waals surface area contributed by atoms with Crippen molar-refractivity contribution in [3.05, 3.63) is 161 Å². The molecule has 0 fully saturated rings. The van der Waals surface area contributed by atoms with Crippen molar-refractivity contribution in [1.29, 1.82) is 5.26 Å². The van der Waals surface area contributed by atoms with E-state index in [9.17, 15) is 18.4 Å². The summed E-state index contributed by atoms with van der Waals surface area (Å²) in [5.74, 6) is 0. The molecule has 0 aliphatic rings. The smallest absolute Gasteiger partial charge is 0.255 e. The zero-order valence-electron chi connectivity index (χ0n) is 27.9. The number of aromatic nitrogens is 3. The van der Waals surface area contributed by atoms with Crippen molar-refractivity contribution in [1.82, 2.24) is 15.0 Å². The maximum Gasteiger partial charge on any atom is 0.416 e. The third-order valence-electron chi connectivity index (χ3n) is 9.16. The fourth-order valence-corrected chi connectivity index (χ4v) is 6.65. The van der Waals surface area contributed by atoms with Gasteiger partial charge in [-0.1, -0.05) is 84.9 Å². The standard InChI is InChI=1S/C44H23F3N6/c1-25-20-31(22-32(21-25)44(45,46)47)27-12-14-28(15-13-27)39-35-23-37(50-3)42-43(38(35)34-6-4-5-7-36(34)51-39)53-41(29-10-8-26(24-48)9-11-29)40(52-42)30-16-18-33(49-2)19-17-30/h4-23H,1H3. The van der Waals surface area contributed by atoms with Gasteiger partial charge in [0, 0.05) is 27.3 Å². The molecular weight excluding hydrogens is 670 g/mol. The first-order valence-electron chi connectivity index (χ1n) is 16.4. The monoisotopic (exact) mass is 692 g/mol. The highest BCUT2D eigenvalue weighted by atomic mass is 19.4. The van der Waals surface area contributed by atoms with Gasteiger partial charge in [0.2, 0.25) is 5.69 Å². The molecule has 0 radical (unpaired) electrons. The number of nitriles is 1. The van der Waals surface area contributed by atoms with E-state index in [0.29, 0.717) is 83.6 Å². The fraction of sp³-hybridized carbons (Fsp3) is 0.0455. The van der Waals surface area contributed by atoms with Gasteiger partial charge in [-0.3, -0.25) is 4.98 Å². The van der Waals surface area contributed by atoms with E-state index in [1.54, 1.807) is 67.6 Å². The molecule has 0 bridgehead atoms. The Morgan fingerprint density at radius 2 is 1.21 bits per heavy atom. The van der Waals surface area contributed by atoms with Crippen molar-refractivity contribution in [3.63, 3.8) is 0 Å². The third kappa shape index (κ3) is 5.85. The zero-order valence-corrected chi connectivity index (χ0v) is 27.9. The lowest BCUT2D eigenvalue weighted by atomic mass is 9.95. The van der Waals surface area contributed by atoms with Crippen molar-refractivity contribution >= 4 is 44.1 Å². The van der Waals surface area contributed by atoms with Crippen LogP contribution in [0.3, 0.4) is 0 Å². The summed E-state index contributed by atoms with van der Waals surface area (Å²) in [6, 6.07) is 36.8. The lowest BCUT2D eigenvalue weighted by Crippen LogP contribution is -2.05. The second kappa shape index (κ2) is 12.7. The van der Waals surface area contributed by atoms with E-state index in [-0.39, 0.29) is 5.69 Å². The number of benzene rings is 6. The largest absolute Gasteiger partial charge is 0.416 e. The van der Waals surface area contributed by atoms with Crippen LogP contribution in [-0.2, 0) is 6.18 Å². The van der Waals surface area contributed by atoms with Crippen LogP contribution in [0.1, 0.15) is 16.7 Å². The van der Waals surface area contributed by atoms with Crippen LogP contribution in [0.5, 0.6) is 0 Å². The van der Waals surface area contributed by atoms with Crippen LogP contribution in [0.2, 0.25) is 0 Å². The van der Waals surface area contributed by atoms with Crippen molar-refractivity contribution < 1.29 is 13.2 Å². The highest BCUT2D eigenvalue weighted by molar-refractivity contribution is 6.23. The first-order valence-corrected chi connectivity index (χ1v) is 16.4. The van der Waals surface area contributed by atoms with Gasteiger partial charge in [0.1, 0.15) is 0 Å². The molecule has 250 valence electrons. The number of hydrogen-bond acceptors (Lipinski definition) is 4. The quantitative estimate of drug-likeness (QED) is 0.136. The Morgan fingerprint density at radius 1 is 0.604 bits per heavy atom. The minimum Gasteiger partial charge on any atom is -0.255 e. The second-order valence-electron chi connectivity index (χ2n) is 12.5. The Balaban J connectivity index is 1.40. The second-order valence-corrected chi connectivity index (χ2v) is 12.5. The lowest BCUT2D eigenvalue weighted by molar-refractivity contribution is -0.137. The first kappa shape index (κ1) is 32.8. The molecule has 9 heteroatoms. The maximum absolute atomic E-state index is 13.6. The average Bonchev–Trinajstić information content (AvgIpc) is 3.19. The average molecular weight is 693 g/mol. The number of nitrogens with zero attached hydrogens (tertiary/aromatic N) is 6. The summed E-state index contributed by atoms with van der Waals surface area (Å²) in [4.78, 5) is 22.8. The van der Waals surface area contributed by atoms with Crippen LogP contribution < -0.4 is 0 Å². The molecule has 53 heavy (non-hydrogen) atoms. The van der Waals surface area contributed by atoms with Gasteiger partial charge >= 0.3 is 6.18 Å². The molecule has 2 aromatic heterocycles. The van der Waals surface area contributed by atoms with Crippen LogP contribution in [0.4, 0.5) is 24.5 Å². The molecule has 0 unspecified atom stereocenters. The Morgan fingerprint density at radius 3 is 1.85 bits per heavy atom. The predicted molar refractivity (Wildman–Crippen MR) is 201 cm³/mol. The molecule has 0 saturated carbocycles. The number of hydrogen-bond donors (Lipinski definition) is 0. The van der Waals surface area contributed by atoms with Crippen molar-refractivity contribution in [2.45, 2.75) is 13.1 Å². The molecule has 0 N–H and O–H groups in total. The number of pyridine rings is 1. The summed E-state index contributed by atoms with van der Waals surface area (Å²) < 4.78 is 40.9. The van der Waals surface area contributed by atoms with Crippen molar-refractivity contribution in [2.24, 2.45) is 0 Å². The van der Waals surface area contributed by atoms with Crippen LogP contribution in [0.25, 0.3) is 87.3 Å². The number of fused-ring (bicyclic) bond motifs is 5. The molecule has 0 spiro atoms. The Labute approximate surface area is 301 Å². The summed E-state index contributed by atoms with van der Waals surface area (Å²) in [6.45, 7) is 17.3. The molecule has 2 heterocycles. The van der Waals surface area contributed by atoms with E-state index in [1.807, 2.05) is 48.5 Å². The molecule has 6 aromatic carbocycles. The molecule has 8 rings (SSSR count). The van der Waals surface area contributed by atoms with Gasteiger partial charge in [-0.05, 0) is 65.6 Å². The van der Waals surface area contributed by atoms with E-state index in [2.05, 4.69) is 15.8 Å². The maximum atomic E-state index is 13.6. The summed E-state index contributed by atoms with van der Waals surface area (Å²) in [5.41, 5.74) is 7.42. The highest BCUT2D eigenvalue weighted by Gasteiger charge is 2.31. The number of rotatable bonds is 4. The normalized spacial score (nSPS) is 11.3. The molecule has 0 amide bonds. The van der Waals surface area contributed by atoms with Gasteiger partial charge in [-0.25, -0.2) is 19.7 Å². The SMILES string of the molecule is [C-]#[N+]c1ccc(-c2nc3c([N+]#[C-])cc4c(-c5ccc(-c6cc(C)cc(C(F)(F)F)c6)cc5)nc5ccccc5c4c3nc2-c2ccc(C#N)cc2)cc1. The number of para-hydroxylation sites is 1. The van der Waals surface area contributed by atoms with Gasteiger partial charge in [-0.2, -0.15) is 18.4 Å². The predicted octanol–water partition coefficient (Wildman–Crippen LogP) is 12.3. The van der Waals surface area contributed by atoms with Crippen molar-refractivity contribution in [2.75, 3.05) is 0 Å². The molecule has 6 nitrogen and oxygen atoms in total. The zero-order chi connectivity index (χ0) is 36.9. The summed E-state index contributed by atoms with van der Waals surface area (Å²) in [7, 11) is 0. The lowest BCUT2D eigenvalue weighted by Gasteiger charge is -2.16. The van der Waals surface area contributed by atoms with E-state index < -0.39 is 11.7 Å². The number of aryl methyl sites for hydroxylation is 1. The summed E-state index contributed by atoms with van der Waals surface area (Å²) in [5, 5.41) is 11.7.